The molecule has 2 atom stereocenters. The maximum atomic E-state index is 12.0. The van der Waals surface area contributed by atoms with Crippen LogP contribution in [-0.2, 0) is 9.59 Å². The van der Waals surface area contributed by atoms with Crippen LogP contribution in [0.5, 0.6) is 0 Å². The molecule has 1 saturated heterocycles. The van der Waals surface area contributed by atoms with Gasteiger partial charge in [0.05, 0.1) is 12.0 Å². The Morgan fingerprint density at radius 2 is 2.44 bits per heavy atom. The second-order valence-electron chi connectivity index (χ2n) is 4.58. The number of hydrogen-bond acceptors (Lipinski definition) is 4. The summed E-state index contributed by atoms with van der Waals surface area (Å²) in [7, 11) is 0. The number of thiazole rings is 1. The molecule has 1 aromatic rings. The molecule has 0 spiro atoms. The lowest BCUT2D eigenvalue weighted by molar-refractivity contribution is -0.129. The summed E-state index contributed by atoms with van der Waals surface area (Å²) >= 11 is 1.59. The zero-order valence-electron chi connectivity index (χ0n) is 10.5. The molecule has 2 unspecified atom stereocenters. The summed E-state index contributed by atoms with van der Waals surface area (Å²) in [6, 6.07) is -0.0752. The highest BCUT2D eigenvalue weighted by Gasteiger charge is 2.25. The number of aromatic nitrogens is 1. The van der Waals surface area contributed by atoms with Gasteiger partial charge in [0.1, 0.15) is 5.01 Å². The molecule has 2 amide bonds. The fourth-order valence-corrected chi connectivity index (χ4v) is 2.70. The predicted molar refractivity (Wildman–Crippen MR) is 69.1 cm³/mol. The third-order valence-corrected chi connectivity index (χ3v) is 4.10. The molecule has 2 rings (SSSR count). The SMILES string of the molecule is Cc1cnc(C(C)NC(=O)C2CCC(=O)NC2)s1. The molecule has 18 heavy (non-hydrogen) atoms. The molecule has 1 aliphatic heterocycles. The number of nitrogens with one attached hydrogen (secondary N) is 2. The van der Waals surface area contributed by atoms with Gasteiger partial charge in [-0.2, -0.15) is 0 Å². The van der Waals surface area contributed by atoms with Crippen LogP contribution in [0.3, 0.4) is 0 Å². The van der Waals surface area contributed by atoms with Crippen molar-refractivity contribution in [3.05, 3.63) is 16.1 Å². The molecule has 1 aliphatic rings. The van der Waals surface area contributed by atoms with Crippen molar-refractivity contribution in [3.8, 4) is 0 Å². The number of hydrogen-bond donors (Lipinski definition) is 2. The quantitative estimate of drug-likeness (QED) is 0.863. The summed E-state index contributed by atoms with van der Waals surface area (Å²) in [5.74, 6) is -0.0933. The van der Waals surface area contributed by atoms with Crippen LogP contribution in [0.1, 0.15) is 35.7 Å². The van der Waals surface area contributed by atoms with E-state index in [1.807, 2.05) is 20.0 Å². The van der Waals surface area contributed by atoms with Gasteiger partial charge in [0.25, 0.3) is 0 Å². The zero-order chi connectivity index (χ0) is 13.1. The van der Waals surface area contributed by atoms with Crippen molar-refractivity contribution in [2.75, 3.05) is 6.54 Å². The first-order valence-electron chi connectivity index (χ1n) is 6.05. The first-order valence-corrected chi connectivity index (χ1v) is 6.87. The van der Waals surface area contributed by atoms with Gasteiger partial charge in [-0.3, -0.25) is 9.59 Å². The highest BCUT2D eigenvalue weighted by atomic mass is 32.1. The second kappa shape index (κ2) is 5.48. The maximum absolute atomic E-state index is 12.0. The minimum absolute atomic E-state index is 0.00430. The molecule has 2 N–H and O–H groups in total. The lowest BCUT2D eigenvalue weighted by atomic mass is 9.98. The Bertz CT molecular complexity index is 448. The zero-order valence-corrected chi connectivity index (χ0v) is 11.3. The molecule has 6 heteroatoms. The van der Waals surface area contributed by atoms with Gasteiger partial charge < -0.3 is 10.6 Å². The van der Waals surface area contributed by atoms with Crippen LogP contribution in [0.4, 0.5) is 0 Å². The summed E-state index contributed by atoms with van der Waals surface area (Å²) in [4.78, 5) is 28.4. The van der Waals surface area contributed by atoms with Crippen molar-refractivity contribution in [2.24, 2.45) is 5.92 Å². The summed E-state index contributed by atoms with van der Waals surface area (Å²) < 4.78 is 0. The van der Waals surface area contributed by atoms with Crippen molar-refractivity contribution in [3.63, 3.8) is 0 Å². The van der Waals surface area contributed by atoms with Gasteiger partial charge in [-0.05, 0) is 20.3 Å². The van der Waals surface area contributed by atoms with Gasteiger partial charge in [0.15, 0.2) is 0 Å². The highest BCUT2D eigenvalue weighted by Crippen LogP contribution is 2.20. The standard InChI is InChI=1S/C12H17N3O2S/c1-7-5-14-12(18-7)8(2)15-11(17)9-3-4-10(16)13-6-9/h5,8-9H,3-4,6H2,1-2H3,(H,13,16)(H,15,17). The van der Waals surface area contributed by atoms with E-state index < -0.39 is 0 Å². The number of carbonyl (C=O) groups excluding carboxylic acids is 2. The lowest BCUT2D eigenvalue weighted by Gasteiger charge is -2.23. The van der Waals surface area contributed by atoms with Crippen LogP contribution in [-0.4, -0.2) is 23.3 Å². The normalized spacial score (nSPS) is 21.2. The molecule has 2 heterocycles. The summed E-state index contributed by atoms with van der Waals surface area (Å²) in [5, 5.41) is 6.59. The molecule has 5 nitrogen and oxygen atoms in total. The van der Waals surface area contributed by atoms with E-state index in [-0.39, 0.29) is 23.8 Å². The molecule has 0 bridgehead atoms. The van der Waals surface area contributed by atoms with Crippen LogP contribution in [0.2, 0.25) is 0 Å². The number of nitrogens with zero attached hydrogens (tertiary/aromatic N) is 1. The monoisotopic (exact) mass is 267 g/mol. The van der Waals surface area contributed by atoms with Crippen LogP contribution in [0.15, 0.2) is 6.20 Å². The van der Waals surface area contributed by atoms with E-state index in [4.69, 9.17) is 0 Å². The highest BCUT2D eigenvalue weighted by molar-refractivity contribution is 7.11. The Hall–Kier alpha value is -1.43. The minimum Gasteiger partial charge on any atom is -0.355 e. The lowest BCUT2D eigenvalue weighted by Crippen LogP contribution is -2.43. The van der Waals surface area contributed by atoms with Crippen molar-refractivity contribution in [1.82, 2.24) is 15.6 Å². The average Bonchev–Trinajstić information content (AvgIpc) is 2.76. The Morgan fingerprint density at radius 1 is 1.67 bits per heavy atom. The molecule has 0 radical (unpaired) electrons. The topological polar surface area (TPSA) is 71.1 Å². The van der Waals surface area contributed by atoms with Gasteiger partial charge in [0, 0.05) is 24.0 Å². The fraction of sp³-hybridized carbons (Fsp3) is 0.583. The molecule has 0 aromatic carbocycles. The summed E-state index contributed by atoms with van der Waals surface area (Å²) in [6.07, 6.45) is 2.87. The van der Waals surface area contributed by atoms with E-state index in [1.54, 1.807) is 11.3 Å². The largest absolute Gasteiger partial charge is 0.355 e. The first-order chi connectivity index (χ1) is 8.56. The van der Waals surface area contributed by atoms with Crippen molar-refractivity contribution in [1.29, 1.82) is 0 Å². The molecule has 1 aromatic heterocycles. The Morgan fingerprint density at radius 3 is 3.00 bits per heavy atom. The Labute approximate surface area is 110 Å². The van der Waals surface area contributed by atoms with E-state index in [2.05, 4.69) is 15.6 Å². The molecular formula is C12H17N3O2S. The fourth-order valence-electron chi connectivity index (χ4n) is 1.92. The van der Waals surface area contributed by atoms with E-state index in [9.17, 15) is 9.59 Å². The number of amides is 2. The third-order valence-electron chi connectivity index (χ3n) is 3.00. The van der Waals surface area contributed by atoms with Crippen molar-refractivity contribution < 1.29 is 9.59 Å². The molecule has 98 valence electrons. The van der Waals surface area contributed by atoms with Gasteiger partial charge >= 0.3 is 0 Å². The molecule has 0 aliphatic carbocycles. The van der Waals surface area contributed by atoms with Crippen molar-refractivity contribution in [2.45, 2.75) is 32.7 Å². The smallest absolute Gasteiger partial charge is 0.225 e. The number of carbonyl (C=O) groups is 2. The number of rotatable bonds is 3. The van der Waals surface area contributed by atoms with Gasteiger partial charge in [0.2, 0.25) is 11.8 Å². The number of piperidine rings is 1. The molecular weight excluding hydrogens is 250 g/mol. The van der Waals surface area contributed by atoms with E-state index in [0.29, 0.717) is 19.4 Å². The number of aryl methyl sites for hydroxylation is 1. The summed E-state index contributed by atoms with van der Waals surface area (Å²) in [6.45, 7) is 4.36. The van der Waals surface area contributed by atoms with Gasteiger partial charge in [-0.15, -0.1) is 11.3 Å². The van der Waals surface area contributed by atoms with E-state index in [0.717, 1.165) is 9.88 Å². The minimum atomic E-state index is -0.119. The third kappa shape index (κ3) is 3.07. The average molecular weight is 267 g/mol. The molecule has 0 saturated carbocycles. The van der Waals surface area contributed by atoms with Crippen LogP contribution in [0, 0.1) is 12.8 Å². The maximum Gasteiger partial charge on any atom is 0.225 e. The van der Waals surface area contributed by atoms with E-state index >= 15 is 0 Å². The first kappa shape index (κ1) is 13.0. The van der Waals surface area contributed by atoms with Gasteiger partial charge in [-0.1, -0.05) is 0 Å². The van der Waals surface area contributed by atoms with Crippen molar-refractivity contribution >= 4 is 23.2 Å². The Kier molecular flexibility index (Phi) is 3.96. The Balaban J connectivity index is 1.89. The van der Waals surface area contributed by atoms with Crippen LogP contribution >= 0.6 is 11.3 Å². The van der Waals surface area contributed by atoms with Crippen LogP contribution in [0.25, 0.3) is 0 Å². The summed E-state index contributed by atoms with van der Waals surface area (Å²) in [5.41, 5.74) is 0. The molecule has 1 fully saturated rings. The van der Waals surface area contributed by atoms with Crippen LogP contribution < -0.4 is 10.6 Å². The second-order valence-corrected chi connectivity index (χ2v) is 5.85. The predicted octanol–water partition coefficient (Wildman–Crippen LogP) is 1.15. The van der Waals surface area contributed by atoms with Gasteiger partial charge in [-0.25, -0.2) is 4.98 Å². The van der Waals surface area contributed by atoms with E-state index in [1.165, 1.54) is 0 Å².